The molecule has 0 radical (unpaired) electrons. The molecule has 52 nitrogen and oxygen atoms in total. The number of aliphatic hydroxyl groups is 2. The van der Waals surface area contributed by atoms with E-state index in [9.17, 15) is 136 Å². The van der Waals surface area contributed by atoms with Crippen LogP contribution < -0.4 is 118 Å². The van der Waals surface area contributed by atoms with Gasteiger partial charge in [-0.15, -0.1) is 0 Å². The first-order chi connectivity index (χ1) is 69.8. The molecule has 830 valence electrons. The fraction of sp³-hybridized carbons (Fsp3) is 0.629. The molecule has 31 N–H and O–H groups in total. The van der Waals surface area contributed by atoms with E-state index in [-0.39, 0.29) is 107 Å². The van der Waals surface area contributed by atoms with E-state index in [1.165, 1.54) is 20.8 Å². The van der Waals surface area contributed by atoms with E-state index < -0.39 is 314 Å². The molecule has 1 heterocycles. The van der Waals surface area contributed by atoms with Gasteiger partial charge < -0.3 is 149 Å². The standard InChI is InChI=1S/C97H154N24O28/c1-17-52(12)77(93(145)117-68(96(148)149)43-75(129)130)119-89(141)64(39-50(8)9)112-88(140)66(41-58-28-22-19-23-29-58)115-94(146)78(56(16)123)120-81(133)55(15)105-84(136)59(30-24-34-102-97(100)101)108-86(138)62(37-48(4)5)111-80(132)54(14)106-85(137)61(36-47(2)3)113-90(142)69(46-122)107-72(125)44-103-82(134)60(32-33-74(127)128)109-91(143)70-31-25-35-121(70)95(147)67(42-71(99)124)116-87(139)63(38-49(6)7)114-92(144)76(51(10)11)118-73(126)45-104-83(135)65(110-79(131)53(13)98)40-57-26-20-18-21-27-57/h18-23,26-29,47-56,59-70,76-78,122-123H,17,24-25,30-46,98H2,1-16H3,(H2,99,124)(H,103,134)(H,104,135)(H,105,136)(H,106,137)(H,107,125)(H,108,138)(H,109,143)(H,110,131)(H,111,132)(H,112,140)(H,113,142)(H,114,144)(H,115,146)(H,116,139)(H,117,145)(H,118,126)(H,119,141)(H,120,133)(H,127,128)(H,129,130)(H,148,149)(H4,100,101,102)/t52-,53-,54-,55-,56+,59-,60-,61-,62-,63-,64-,65-,66-,67-,68-,69-,70-,76-,77-,78-/m0/s1. The van der Waals surface area contributed by atoms with Crippen LogP contribution in [-0.4, -0.2) is 320 Å². The summed E-state index contributed by atoms with van der Waals surface area (Å²) < 4.78 is 0. The molecule has 1 aliphatic heterocycles. The van der Waals surface area contributed by atoms with E-state index in [0.717, 1.165) is 11.8 Å². The fourth-order valence-corrected chi connectivity index (χ4v) is 15.5. The molecule has 0 aliphatic carbocycles. The summed E-state index contributed by atoms with van der Waals surface area (Å²) in [7, 11) is 0. The zero-order chi connectivity index (χ0) is 113. The maximum atomic E-state index is 14.5. The molecule has 1 saturated heterocycles. The lowest BCUT2D eigenvalue weighted by atomic mass is 9.96. The van der Waals surface area contributed by atoms with Gasteiger partial charge in [0.25, 0.3) is 0 Å². The Labute approximate surface area is 864 Å². The summed E-state index contributed by atoms with van der Waals surface area (Å²) in [6.07, 6.45) is -5.38. The lowest BCUT2D eigenvalue weighted by molar-refractivity contribution is -0.147. The van der Waals surface area contributed by atoms with E-state index in [1.54, 1.807) is 144 Å². The number of primary amides is 1. The summed E-state index contributed by atoms with van der Waals surface area (Å²) in [6.45, 7) is 22.0. The van der Waals surface area contributed by atoms with Gasteiger partial charge in [0.05, 0.1) is 44.7 Å². The lowest BCUT2D eigenvalue weighted by Crippen LogP contribution is -2.62. The summed E-state index contributed by atoms with van der Waals surface area (Å²) in [6, 6.07) is -10.6. The van der Waals surface area contributed by atoms with Crippen LogP contribution in [0.3, 0.4) is 0 Å². The molecule has 0 unspecified atom stereocenters. The smallest absolute Gasteiger partial charge is 0.326 e. The van der Waals surface area contributed by atoms with Crippen molar-refractivity contribution in [2.24, 2.45) is 52.7 Å². The Hall–Kier alpha value is -14.6. The highest BCUT2D eigenvalue weighted by atomic mass is 16.4. The van der Waals surface area contributed by atoms with Crippen LogP contribution in [0.1, 0.15) is 205 Å². The summed E-state index contributed by atoms with van der Waals surface area (Å²) in [5, 5.41) is 105. The zero-order valence-electron chi connectivity index (χ0n) is 87.2. The van der Waals surface area contributed by atoms with E-state index in [0.29, 0.717) is 11.1 Å². The Morgan fingerprint density at radius 3 is 1.22 bits per heavy atom. The minimum Gasteiger partial charge on any atom is -0.481 e. The predicted molar refractivity (Wildman–Crippen MR) is 538 cm³/mol. The molecule has 0 spiro atoms. The van der Waals surface area contributed by atoms with Gasteiger partial charge in [-0.05, 0) is 132 Å². The quantitative estimate of drug-likeness (QED) is 0.0166. The Bertz CT molecular complexity index is 4930. The van der Waals surface area contributed by atoms with Crippen LogP contribution in [0, 0.1) is 40.9 Å². The summed E-state index contributed by atoms with van der Waals surface area (Å²) in [4.78, 5) is 315. The Balaban J connectivity index is 1.78. The molecule has 20 amide bonds. The maximum Gasteiger partial charge on any atom is 0.326 e. The second-order valence-electron chi connectivity index (χ2n) is 39.1. The molecule has 3 rings (SSSR count). The van der Waals surface area contributed by atoms with E-state index in [4.69, 9.17) is 22.6 Å². The Morgan fingerprint density at radius 1 is 0.396 bits per heavy atom. The van der Waals surface area contributed by atoms with Gasteiger partial charge >= 0.3 is 17.9 Å². The molecule has 149 heavy (non-hydrogen) atoms. The van der Waals surface area contributed by atoms with Crippen LogP contribution in [0.15, 0.2) is 60.7 Å². The van der Waals surface area contributed by atoms with Gasteiger partial charge in [-0.1, -0.05) is 150 Å². The van der Waals surface area contributed by atoms with Crippen molar-refractivity contribution in [2.45, 2.75) is 322 Å². The van der Waals surface area contributed by atoms with Crippen molar-refractivity contribution in [3.05, 3.63) is 71.8 Å². The molecule has 1 fully saturated rings. The number of benzene rings is 2. The number of carbonyl (C=O) groups is 23. The van der Waals surface area contributed by atoms with Crippen molar-refractivity contribution in [1.29, 1.82) is 5.41 Å². The first kappa shape index (κ1) is 129. The fourth-order valence-electron chi connectivity index (χ4n) is 15.5. The Morgan fingerprint density at radius 2 is 0.779 bits per heavy atom. The number of aliphatic hydroxyl groups excluding tert-OH is 2. The number of hydrogen-bond donors (Lipinski definition) is 28. The largest absolute Gasteiger partial charge is 0.481 e. The molecule has 0 saturated carbocycles. The molecule has 52 heteroatoms. The number of amides is 20. The number of carbonyl (C=O) groups excluding carboxylic acids is 20. The third-order valence-corrected chi connectivity index (χ3v) is 23.7. The second-order valence-corrected chi connectivity index (χ2v) is 39.1. The van der Waals surface area contributed by atoms with Crippen LogP contribution in [0.25, 0.3) is 0 Å². The monoisotopic (exact) mass is 2100 g/mol. The molecule has 2 aromatic rings. The van der Waals surface area contributed by atoms with Crippen molar-refractivity contribution < 1.29 is 136 Å². The number of carboxylic acid groups (broad SMARTS) is 3. The van der Waals surface area contributed by atoms with Gasteiger partial charge in [0.15, 0.2) is 5.96 Å². The first-order valence-electron chi connectivity index (χ1n) is 49.6. The molecule has 0 bridgehead atoms. The molecule has 20 atom stereocenters. The second kappa shape index (κ2) is 64.5. The molecule has 2 aromatic carbocycles. The first-order valence-corrected chi connectivity index (χ1v) is 49.6. The van der Waals surface area contributed by atoms with Gasteiger partial charge in [0.2, 0.25) is 118 Å². The number of hydrogen-bond acceptors (Lipinski definition) is 27. The zero-order valence-corrected chi connectivity index (χ0v) is 87.2. The lowest BCUT2D eigenvalue weighted by Gasteiger charge is -2.31. The number of nitrogens with zero attached hydrogens (tertiary/aromatic N) is 1. The van der Waals surface area contributed by atoms with Crippen LogP contribution in [0.2, 0.25) is 0 Å². The molecule has 1 aliphatic rings. The van der Waals surface area contributed by atoms with Gasteiger partial charge in [-0.2, -0.15) is 0 Å². The van der Waals surface area contributed by atoms with Crippen molar-refractivity contribution in [1.82, 2.24) is 106 Å². The van der Waals surface area contributed by atoms with E-state index in [2.05, 4.69) is 101 Å². The topological polar surface area (TPSA) is 827 Å². The number of nitrogens with one attached hydrogen (secondary N) is 20. The van der Waals surface area contributed by atoms with Crippen molar-refractivity contribution in [3.63, 3.8) is 0 Å². The van der Waals surface area contributed by atoms with Crippen LogP contribution in [0.5, 0.6) is 0 Å². The van der Waals surface area contributed by atoms with E-state index in [1.807, 2.05) is 0 Å². The molecular formula is C97H154N24O28. The minimum absolute atomic E-state index is 0.0226. The highest BCUT2D eigenvalue weighted by molar-refractivity contribution is 6.03. The maximum absolute atomic E-state index is 14.5. The van der Waals surface area contributed by atoms with Crippen molar-refractivity contribution in [2.75, 3.05) is 32.8 Å². The average Bonchev–Trinajstić information content (AvgIpc) is 1.71. The number of aliphatic carboxylic acids is 3. The number of likely N-dealkylation sites (tertiary alicyclic amines) is 1. The summed E-state index contributed by atoms with van der Waals surface area (Å²) in [5.74, 6) is -27.5. The van der Waals surface area contributed by atoms with E-state index >= 15 is 0 Å². The minimum atomic E-state index is -1.87. The number of guanidine groups is 1. The number of carboxylic acids is 3. The van der Waals surface area contributed by atoms with Gasteiger partial charge in [0, 0.05) is 32.4 Å². The van der Waals surface area contributed by atoms with Crippen molar-refractivity contribution in [3.8, 4) is 0 Å². The highest BCUT2D eigenvalue weighted by Gasteiger charge is 2.44. The third kappa shape index (κ3) is 47.0. The third-order valence-electron chi connectivity index (χ3n) is 23.7. The van der Waals surface area contributed by atoms with Gasteiger partial charge in [-0.3, -0.25) is 111 Å². The van der Waals surface area contributed by atoms with Crippen LogP contribution in [-0.2, 0) is 123 Å². The number of nitrogens with two attached hydrogens (primary N) is 3. The van der Waals surface area contributed by atoms with Crippen molar-refractivity contribution >= 4 is 142 Å². The van der Waals surface area contributed by atoms with Gasteiger partial charge in [-0.25, -0.2) is 4.79 Å². The number of rotatable bonds is 66. The average molecular weight is 2100 g/mol. The molecular weight excluding hydrogens is 1950 g/mol. The predicted octanol–water partition coefficient (Wildman–Crippen LogP) is -6.34. The summed E-state index contributed by atoms with van der Waals surface area (Å²) in [5.41, 5.74) is 18.0. The SMILES string of the molecule is CC[C@H](C)[C@H](NC(=O)[C@H](CC(C)C)NC(=O)[C@H](Cc1ccccc1)NC(=O)[C@@H](NC(=O)[C@H](C)NC(=O)[C@H](CCCNC(=N)N)NC(=O)[C@H](CC(C)C)NC(=O)[C@H](C)NC(=O)[C@H](CC(C)C)NC(=O)[C@H](CO)NC(=O)CNC(=O)[C@H](CCC(=O)O)NC(=O)[C@@H]1CCCN1C(=O)[C@H](CC(N)=O)NC(=O)[C@H](CC(C)C)NC(=O)[C@@H](NC(=O)CNC(=O)[C@H](Cc1ccccc1)NC(=O)[C@H](C)N)C(C)C)[C@@H](C)O)C(=O)N[C@@H](CC(=O)O)C(=O)O. The normalized spacial score (nSPS) is 16.1. The Kier molecular flexibility index (Phi) is 55.7. The molecule has 0 aromatic heterocycles. The summed E-state index contributed by atoms with van der Waals surface area (Å²) >= 11 is 0. The van der Waals surface area contributed by atoms with Gasteiger partial charge in [0.1, 0.15) is 103 Å². The van der Waals surface area contributed by atoms with Crippen LogP contribution in [0.4, 0.5) is 0 Å². The highest BCUT2D eigenvalue weighted by Crippen LogP contribution is 2.23. The van der Waals surface area contributed by atoms with Crippen LogP contribution >= 0.6 is 0 Å².